The highest BCUT2D eigenvalue weighted by Gasteiger charge is 2.18. The minimum Gasteiger partial charge on any atom is -0.506 e. The number of hydrogen-bond donors (Lipinski definition) is 2. The Hall–Kier alpha value is -1.88. The molecule has 0 spiro atoms. The van der Waals surface area contributed by atoms with Crippen LogP contribution in [0.25, 0.3) is 10.9 Å². The van der Waals surface area contributed by atoms with Crippen LogP contribution in [0.2, 0.25) is 0 Å². The molecule has 5 heteroatoms. The van der Waals surface area contributed by atoms with Crippen molar-refractivity contribution >= 4 is 29.1 Å². The van der Waals surface area contributed by atoms with Crippen molar-refractivity contribution in [2.24, 2.45) is 0 Å². The summed E-state index contributed by atoms with van der Waals surface area (Å²) in [5, 5.41) is 10.7. The zero-order valence-electron chi connectivity index (χ0n) is 10.1. The van der Waals surface area contributed by atoms with Gasteiger partial charge < -0.3 is 14.8 Å². The fraction of sp³-hybridized carbons (Fsp3) is 0.231. The lowest BCUT2D eigenvalue weighted by molar-refractivity contribution is 0.0522. The second kappa shape index (κ2) is 4.78. The molecule has 0 unspecified atom stereocenters. The van der Waals surface area contributed by atoms with Crippen molar-refractivity contribution in [1.82, 2.24) is 4.98 Å². The SMILES string of the molecule is CCOC(=O)c1c(O)c2cccc(C)c2[nH]c1=S. The van der Waals surface area contributed by atoms with Crippen LogP contribution in [0.4, 0.5) is 0 Å². The Morgan fingerprint density at radius 2 is 2.22 bits per heavy atom. The maximum atomic E-state index is 11.7. The van der Waals surface area contributed by atoms with E-state index in [0.717, 1.165) is 11.1 Å². The van der Waals surface area contributed by atoms with Crippen LogP contribution < -0.4 is 0 Å². The molecule has 0 aliphatic heterocycles. The summed E-state index contributed by atoms with van der Waals surface area (Å²) in [6.45, 7) is 3.84. The number of pyridine rings is 1. The maximum absolute atomic E-state index is 11.7. The fourth-order valence-electron chi connectivity index (χ4n) is 1.84. The minimum atomic E-state index is -0.611. The van der Waals surface area contributed by atoms with E-state index >= 15 is 0 Å². The number of esters is 1. The number of para-hydroxylation sites is 1. The van der Waals surface area contributed by atoms with Crippen LogP contribution in [0.1, 0.15) is 22.8 Å². The monoisotopic (exact) mass is 263 g/mol. The summed E-state index contributed by atoms with van der Waals surface area (Å²) in [6, 6.07) is 5.44. The summed E-state index contributed by atoms with van der Waals surface area (Å²) in [4.78, 5) is 14.7. The van der Waals surface area contributed by atoms with E-state index in [2.05, 4.69) is 4.98 Å². The lowest BCUT2D eigenvalue weighted by Crippen LogP contribution is -2.07. The summed E-state index contributed by atoms with van der Waals surface area (Å²) in [5.41, 5.74) is 1.70. The van der Waals surface area contributed by atoms with Gasteiger partial charge in [-0.1, -0.05) is 24.4 Å². The molecular formula is C13H13NO3S. The highest BCUT2D eigenvalue weighted by atomic mass is 32.1. The molecule has 2 N–H and O–H groups in total. The van der Waals surface area contributed by atoms with Gasteiger partial charge in [0.25, 0.3) is 0 Å². The van der Waals surface area contributed by atoms with E-state index in [-0.39, 0.29) is 22.6 Å². The molecule has 2 aromatic rings. The first-order valence-corrected chi connectivity index (χ1v) is 5.98. The van der Waals surface area contributed by atoms with Crippen molar-refractivity contribution in [3.8, 4) is 5.75 Å². The van der Waals surface area contributed by atoms with Gasteiger partial charge in [0, 0.05) is 5.39 Å². The zero-order chi connectivity index (χ0) is 13.3. The Morgan fingerprint density at radius 3 is 2.89 bits per heavy atom. The Kier molecular flexibility index (Phi) is 3.34. The topological polar surface area (TPSA) is 62.3 Å². The third-order valence-electron chi connectivity index (χ3n) is 2.71. The van der Waals surface area contributed by atoms with E-state index in [9.17, 15) is 9.90 Å². The lowest BCUT2D eigenvalue weighted by Gasteiger charge is -2.09. The van der Waals surface area contributed by atoms with Crippen LogP contribution in [0, 0.1) is 11.6 Å². The van der Waals surface area contributed by atoms with Gasteiger partial charge in [-0.25, -0.2) is 4.79 Å². The summed E-state index contributed by atoms with van der Waals surface area (Å²) in [6.07, 6.45) is 0. The Morgan fingerprint density at radius 1 is 1.50 bits per heavy atom. The molecule has 1 heterocycles. The van der Waals surface area contributed by atoms with Gasteiger partial charge in [0.2, 0.25) is 0 Å². The van der Waals surface area contributed by atoms with Crippen molar-refractivity contribution in [1.29, 1.82) is 0 Å². The number of fused-ring (bicyclic) bond motifs is 1. The number of aromatic nitrogens is 1. The highest BCUT2D eigenvalue weighted by Crippen LogP contribution is 2.30. The molecule has 0 atom stereocenters. The highest BCUT2D eigenvalue weighted by molar-refractivity contribution is 7.71. The van der Waals surface area contributed by atoms with Gasteiger partial charge in [-0.15, -0.1) is 0 Å². The zero-order valence-corrected chi connectivity index (χ0v) is 10.9. The smallest absolute Gasteiger partial charge is 0.344 e. The number of H-pyrrole nitrogens is 1. The molecule has 0 amide bonds. The summed E-state index contributed by atoms with van der Waals surface area (Å²) >= 11 is 5.10. The maximum Gasteiger partial charge on any atom is 0.344 e. The van der Waals surface area contributed by atoms with Crippen molar-refractivity contribution in [3.63, 3.8) is 0 Å². The van der Waals surface area contributed by atoms with Gasteiger partial charge in [0.1, 0.15) is 16.0 Å². The number of rotatable bonds is 2. The first kappa shape index (κ1) is 12.6. The number of ether oxygens (including phenoxy) is 1. The summed E-state index contributed by atoms with van der Waals surface area (Å²) in [5.74, 6) is -0.740. The van der Waals surface area contributed by atoms with Crippen molar-refractivity contribution in [2.45, 2.75) is 13.8 Å². The van der Waals surface area contributed by atoms with Gasteiger partial charge in [-0.2, -0.15) is 0 Å². The quantitative estimate of drug-likeness (QED) is 0.645. The van der Waals surface area contributed by atoms with Crippen LogP contribution in [0.5, 0.6) is 5.75 Å². The number of aromatic amines is 1. The van der Waals surface area contributed by atoms with Gasteiger partial charge in [0.05, 0.1) is 12.1 Å². The summed E-state index contributed by atoms with van der Waals surface area (Å²) < 4.78 is 5.07. The molecule has 0 bridgehead atoms. The molecule has 0 saturated heterocycles. The molecule has 0 aliphatic rings. The molecule has 94 valence electrons. The number of benzene rings is 1. The van der Waals surface area contributed by atoms with Crippen molar-refractivity contribution in [2.75, 3.05) is 6.61 Å². The molecule has 1 aromatic carbocycles. The van der Waals surface area contributed by atoms with E-state index in [1.807, 2.05) is 19.1 Å². The predicted octanol–water partition coefficient (Wildman–Crippen LogP) is 3.09. The van der Waals surface area contributed by atoms with Gasteiger partial charge in [-0.3, -0.25) is 0 Å². The van der Waals surface area contributed by atoms with Crippen molar-refractivity contribution < 1.29 is 14.6 Å². The number of aryl methyl sites for hydroxylation is 1. The number of nitrogens with one attached hydrogen (secondary N) is 1. The predicted molar refractivity (Wildman–Crippen MR) is 71.5 cm³/mol. The number of carbonyl (C=O) groups excluding carboxylic acids is 1. The largest absolute Gasteiger partial charge is 0.506 e. The van der Waals surface area contributed by atoms with Crippen LogP contribution in [0.15, 0.2) is 18.2 Å². The third-order valence-corrected chi connectivity index (χ3v) is 3.02. The molecule has 0 saturated carbocycles. The normalized spacial score (nSPS) is 10.6. The Labute approximate surface area is 109 Å². The lowest BCUT2D eigenvalue weighted by atomic mass is 10.1. The Balaban J connectivity index is 2.78. The fourth-order valence-corrected chi connectivity index (χ4v) is 2.12. The van der Waals surface area contributed by atoms with Crippen LogP contribution in [0.3, 0.4) is 0 Å². The van der Waals surface area contributed by atoms with Crippen molar-refractivity contribution in [3.05, 3.63) is 34.0 Å². The molecule has 0 radical (unpaired) electrons. The van der Waals surface area contributed by atoms with Crippen LogP contribution in [-0.4, -0.2) is 22.7 Å². The number of aromatic hydroxyl groups is 1. The molecule has 1 aromatic heterocycles. The van der Waals surface area contributed by atoms with Gasteiger partial charge >= 0.3 is 5.97 Å². The first-order chi connectivity index (χ1) is 8.56. The van der Waals surface area contributed by atoms with Gasteiger partial charge in [0.15, 0.2) is 0 Å². The third kappa shape index (κ3) is 1.97. The van der Waals surface area contributed by atoms with E-state index in [1.54, 1.807) is 13.0 Å². The molecule has 0 fully saturated rings. The van der Waals surface area contributed by atoms with E-state index < -0.39 is 5.97 Å². The van der Waals surface area contributed by atoms with E-state index in [4.69, 9.17) is 17.0 Å². The molecule has 2 rings (SSSR count). The number of carbonyl (C=O) groups is 1. The average molecular weight is 263 g/mol. The Bertz CT molecular complexity index is 676. The standard InChI is InChI=1S/C13H13NO3S/c1-3-17-13(16)9-11(15)8-6-4-5-7(2)10(8)14-12(9)18/h4-6H,3H2,1-2H3,(H2,14,15,18). The minimum absolute atomic E-state index is 0.0185. The molecule has 18 heavy (non-hydrogen) atoms. The second-order valence-corrected chi connectivity index (χ2v) is 4.30. The van der Waals surface area contributed by atoms with E-state index in [1.165, 1.54) is 0 Å². The molecular weight excluding hydrogens is 250 g/mol. The first-order valence-electron chi connectivity index (χ1n) is 5.58. The van der Waals surface area contributed by atoms with Crippen LogP contribution >= 0.6 is 12.2 Å². The number of hydrogen-bond acceptors (Lipinski definition) is 4. The summed E-state index contributed by atoms with van der Waals surface area (Å²) in [7, 11) is 0. The van der Waals surface area contributed by atoms with E-state index in [0.29, 0.717) is 5.39 Å². The molecule has 0 aliphatic carbocycles. The second-order valence-electron chi connectivity index (χ2n) is 3.90. The molecule has 4 nitrogen and oxygen atoms in total. The average Bonchev–Trinajstić information content (AvgIpc) is 2.31. The van der Waals surface area contributed by atoms with Crippen LogP contribution in [-0.2, 0) is 4.74 Å². The van der Waals surface area contributed by atoms with Gasteiger partial charge in [-0.05, 0) is 25.5 Å².